The first kappa shape index (κ1) is 15.7. The van der Waals surface area contributed by atoms with Crippen molar-refractivity contribution in [3.8, 4) is 0 Å². The van der Waals surface area contributed by atoms with Gasteiger partial charge in [0.15, 0.2) is 9.84 Å². The fourth-order valence-corrected chi connectivity index (χ4v) is 2.57. The molecular formula is C14H21NO3S. The zero-order valence-corrected chi connectivity index (χ0v) is 12.3. The van der Waals surface area contributed by atoms with Gasteiger partial charge < -0.3 is 5.32 Å². The van der Waals surface area contributed by atoms with Gasteiger partial charge in [0.1, 0.15) is 0 Å². The molecule has 0 radical (unpaired) electrons. The van der Waals surface area contributed by atoms with E-state index in [-0.39, 0.29) is 11.7 Å². The lowest BCUT2D eigenvalue weighted by Gasteiger charge is -2.06. The van der Waals surface area contributed by atoms with Crippen molar-refractivity contribution >= 4 is 15.7 Å². The van der Waals surface area contributed by atoms with Crippen molar-refractivity contribution in [1.29, 1.82) is 0 Å². The molecule has 0 fully saturated rings. The molecule has 0 bridgehead atoms. The lowest BCUT2D eigenvalue weighted by molar-refractivity contribution is 0.0953. The summed E-state index contributed by atoms with van der Waals surface area (Å²) in [7, 11) is -3.08. The Kier molecular flexibility index (Phi) is 6.02. The van der Waals surface area contributed by atoms with Gasteiger partial charge in [-0.1, -0.05) is 31.9 Å². The lowest BCUT2D eigenvalue weighted by atomic mass is 10.1. The molecule has 0 spiro atoms. The van der Waals surface area contributed by atoms with E-state index < -0.39 is 9.84 Å². The molecule has 1 N–H and O–H groups in total. The SMILES string of the molecule is CCCCCNC(=O)c1cccc(CS(C)(=O)=O)c1. The molecule has 1 rings (SSSR count). The van der Waals surface area contributed by atoms with Crippen molar-refractivity contribution in [1.82, 2.24) is 5.32 Å². The van der Waals surface area contributed by atoms with E-state index in [1.165, 1.54) is 6.26 Å². The van der Waals surface area contributed by atoms with E-state index in [9.17, 15) is 13.2 Å². The minimum atomic E-state index is -3.08. The highest BCUT2D eigenvalue weighted by atomic mass is 32.2. The number of hydrogen-bond donors (Lipinski definition) is 1. The number of unbranched alkanes of at least 4 members (excludes halogenated alkanes) is 2. The fourth-order valence-electron chi connectivity index (χ4n) is 1.78. The molecule has 106 valence electrons. The van der Waals surface area contributed by atoms with Gasteiger partial charge in [0.2, 0.25) is 0 Å². The zero-order chi connectivity index (χ0) is 14.3. The highest BCUT2D eigenvalue weighted by Gasteiger charge is 2.08. The molecular weight excluding hydrogens is 262 g/mol. The average molecular weight is 283 g/mol. The molecule has 0 atom stereocenters. The predicted molar refractivity (Wildman–Crippen MR) is 76.8 cm³/mol. The first-order valence-corrected chi connectivity index (χ1v) is 8.53. The third-order valence-electron chi connectivity index (χ3n) is 2.68. The van der Waals surface area contributed by atoms with Crippen LogP contribution >= 0.6 is 0 Å². The second-order valence-corrected chi connectivity index (χ2v) is 6.87. The summed E-state index contributed by atoms with van der Waals surface area (Å²) in [6.45, 7) is 2.76. The summed E-state index contributed by atoms with van der Waals surface area (Å²) in [5.74, 6) is -0.185. The highest BCUT2D eigenvalue weighted by molar-refractivity contribution is 7.89. The van der Waals surface area contributed by atoms with E-state index in [1.807, 2.05) is 0 Å². The maximum absolute atomic E-state index is 11.9. The summed E-state index contributed by atoms with van der Waals surface area (Å²) in [5.41, 5.74) is 1.15. The Balaban J connectivity index is 2.63. The van der Waals surface area contributed by atoms with Crippen LogP contribution in [0.25, 0.3) is 0 Å². The molecule has 0 aliphatic heterocycles. The smallest absolute Gasteiger partial charge is 0.251 e. The monoisotopic (exact) mass is 283 g/mol. The Bertz CT molecular complexity index is 523. The van der Waals surface area contributed by atoms with E-state index in [0.29, 0.717) is 17.7 Å². The molecule has 0 heterocycles. The minimum absolute atomic E-state index is 0.0377. The van der Waals surface area contributed by atoms with Crippen LogP contribution in [-0.2, 0) is 15.6 Å². The molecule has 5 heteroatoms. The third-order valence-corrected chi connectivity index (χ3v) is 3.54. The third kappa shape index (κ3) is 6.38. The maximum atomic E-state index is 11.9. The fraction of sp³-hybridized carbons (Fsp3) is 0.500. The van der Waals surface area contributed by atoms with Crippen LogP contribution in [0.3, 0.4) is 0 Å². The van der Waals surface area contributed by atoms with Gasteiger partial charge in [0.25, 0.3) is 5.91 Å². The van der Waals surface area contributed by atoms with Crippen molar-refractivity contribution in [2.45, 2.75) is 31.9 Å². The van der Waals surface area contributed by atoms with E-state index in [1.54, 1.807) is 24.3 Å². The number of benzene rings is 1. The summed E-state index contributed by atoms with van der Waals surface area (Å²) < 4.78 is 22.5. The number of hydrogen-bond acceptors (Lipinski definition) is 3. The number of amides is 1. The van der Waals surface area contributed by atoms with Crippen LogP contribution in [0.2, 0.25) is 0 Å². The average Bonchev–Trinajstić information content (AvgIpc) is 2.32. The highest BCUT2D eigenvalue weighted by Crippen LogP contribution is 2.08. The van der Waals surface area contributed by atoms with Gasteiger partial charge in [-0.2, -0.15) is 0 Å². The maximum Gasteiger partial charge on any atom is 0.251 e. The molecule has 4 nitrogen and oxygen atoms in total. The van der Waals surface area contributed by atoms with Gasteiger partial charge in [-0.05, 0) is 24.1 Å². The molecule has 0 saturated heterocycles. The number of nitrogens with one attached hydrogen (secondary N) is 1. The molecule has 0 saturated carbocycles. The van der Waals surface area contributed by atoms with Gasteiger partial charge in [-0.15, -0.1) is 0 Å². The van der Waals surface area contributed by atoms with Gasteiger partial charge in [0, 0.05) is 18.4 Å². The number of sulfone groups is 1. The van der Waals surface area contributed by atoms with E-state index in [0.717, 1.165) is 19.3 Å². The molecule has 19 heavy (non-hydrogen) atoms. The van der Waals surface area contributed by atoms with Crippen LogP contribution in [0.5, 0.6) is 0 Å². The molecule has 0 aliphatic carbocycles. The van der Waals surface area contributed by atoms with Crippen LogP contribution in [0.1, 0.15) is 42.1 Å². The Morgan fingerprint density at radius 3 is 2.63 bits per heavy atom. The van der Waals surface area contributed by atoms with Crippen LogP contribution in [0, 0.1) is 0 Å². The molecule has 1 aromatic carbocycles. The Morgan fingerprint density at radius 2 is 2.00 bits per heavy atom. The summed E-state index contributed by atoms with van der Waals surface area (Å²) in [4.78, 5) is 11.9. The summed E-state index contributed by atoms with van der Waals surface area (Å²) in [5, 5.41) is 2.84. The summed E-state index contributed by atoms with van der Waals surface area (Å²) in [6, 6.07) is 6.76. The van der Waals surface area contributed by atoms with Crippen LogP contribution in [-0.4, -0.2) is 27.1 Å². The van der Waals surface area contributed by atoms with Crippen molar-refractivity contribution in [2.75, 3.05) is 12.8 Å². The number of carbonyl (C=O) groups excluding carboxylic acids is 1. The van der Waals surface area contributed by atoms with E-state index in [4.69, 9.17) is 0 Å². The predicted octanol–water partition coefficient (Wildman–Crippen LogP) is 2.15. The Hall–Kier alpha value is -1.36. The zero-order valence-electron chi connectivity index (χ0n) is 11.5. The van der Waals surface area contributed by atoms with Crippen molar-refractivity contribution in [3.63, 3.8) is 0 Å². The lowest BCUT2D eigenvalue weighted by Crippen LogP contribution is -2.24. The first-order chi connectivity index (χ1) is 8.92. The van der Waals surface area contributed by atoms with Crippen molar-refractivity contribution in [3.05, 3.63) is 35.4 Å². The summed E-state index contributed by atoms with van der Waals surface area (Å²) in [6.07, 6.45) is 4.35. The first-order valence-electron chi connectivity index (χ1n) is 6.47. The van der Waals surface area contributed by atoms with Crippen LogP contribution in [0.4, 0.5) is 0 Å². The van der Waals surface area contributed by atoms with Crippen LogP contribution in [0.15, 0.2) is 24.3 Å². The van der Waals surface area contributed by atoms with Crippen molar-refractivity contribution in [2.24, 2.45) is 0 Å². The molecule has 0 unspecified atom stereocenters. The van der Waals surface area contributed by atoms with Gasteiger partial charge in [-0.3, -0.25) is 4.79 Å². The van der Waals surface area contributed by atoms with E-state index >= 15 is 0 Å². The topological polar surface area (TPSA) is 63.2 Å². The molecule has 1 amide bonds. The quantitative estimate of drug-likeness (QED) is 0.780. The second-order valence-electron chi connectivity index (χ2n) is 4.73. The van der Waals surface area contributed by atoms with E-state index in [2.05, 4.69) is 12.2 Å². The largest absolute Gasteiger partial charge is 0.352 e. The number of carbonyl (C=O) groups is 1. The van der Waals surface area contributed by atoms with Gasteiger partial charge in [-0.25, -0.2) is 8.42 Å². The summed E-state index contributed by atoms with van der Waals surface area (Å²) >= 11 is 0. The van der Waals surface area contributed by atoms with Crippen LogP contribution < -0.4 is 5.32 Å². The molecule has 0 aromatic heterocycles. The Labute approximate surface area is 115 Å². The minimum Gasteiger partial charge on any atom is -0.352 e. The normalized spacial score (nSPS) is 11.3. The van der Waals surface area contributed by atoms with Gasteiger partial charge in [0.05, 0.1) is 5.75 Å². The number of rotatable bonds is 7. The second kappa shape index (κ2) is 7.28. The molecule has 1 aromatic rings. The van der Waals surface area contributed by atoms with Crippen molar-refractivity contribution < 1.29 is 13.2 Å². The van der Waals surface area contributed by atoms with Gasteiger partial charge >= 0.3 is 0 Å². The molecule has 0 aliphatic rings. The Morgan fingerprint density at radius 1 is 1.26 bits per heavy atom. The standard InChI is InChI=1S/C14H21NO3S/c1-3-4-5-9-15-14(16)13-8-6-7-12(10-13)11-19(2,17)18/h6-8,10H,3-5,9,11H2,1-2H3,(H,15,16).